The van der Waals surface area contributed by atoms with E-state index in [1.54, 1.807) is 0 Å². The van der Waals surface area contributed by atoms with Crippen LogP contribution in [0.25, 0.3) is 0 Å². The maximum atomic E-state index is 6.04. The first kappa shape index (κ1) is 13.6. The molecule has 0 radical (unpaired) electrons. The van der Waals surface area contributed by atoms with Gasteiger partial charge in [0.25, 0.3) is 0 Å². The zero-order valence-electron chi connectivity index (χ0n) is 11.7. The van der Waals surface area contributed by atoms with E-state index in [1.165, 1.54) is 16.7 Å². The van der Waals surface area contributed by atoms with Gasteiger partial charge in [-0.2, -0.15) is 0 Å². The van der Waals surface area contributed by atoms with Gasteiger partial charge in [-0.05, 0) is 42.6 Å². The molecule has 2 aromatic rings. The molecule has 0 aliphatic heterocycles. The van der Waals surface area contributed by atoms with E-state index >= 15 is 0 Å². The molecule has 0 aliphatic carbocycles. The molecule has 2 heteroatoms. The highest BCUT2D eigenvalue weighted by molar-refractivity contribution is 5.47. The highest BCUT2D eigenvalue weighted by Crippen LogP contribution is 2.24. The van der Waals surface area contributed by atoms with Crippen molar-refractivity contribution >= 4 is 5.69 Å². The van der Waals surface area contributed by atoms with Gasteiger partial charge in [0, 0.05) is 11.7 Å². The molecule has 2 nitrogen and oxygen atoms in total. The Morgan fingerprint density at radius 1 is 1.00 bits per heavy atom. The van der Waals surface area contributed by atoms with Crippen LogP contribution in [-0.2, 0) is 12.8 Å². The number of hydrogen-bond acceptors (Lipinski definition) is 2. The summed E-state index contributed by atoms with van der Waals surface area (Å²) in [7, 11) is 2.01. The van der Waals surface area contributed by atoms with Crippen LogP contribution < -0.4 is 11.1 Å². The minimum Gasteiger partial charge on any atom is -0.399 e. The van der Waals surface area contributed by atoms with Crippen LogP contribution in [-0.4, -0.2) is 7.05 Å². The topological polar surface area (TPSA) is 38.0 Å². The van der Waals surface area contributed by atoms with Gasteiger partial charge < -0.3 is 11.1 Å². The van der Waals surface area contributed by atoms with Gasteiger partial charge in [0.15, 0.2) is 0 Å². The van der Waals surface area contributed by atoms with Gasteiger partial charge in [-0.1, -0.05) is 49.4 Å². The molecule has 0 heterocycles. The zero-order chi connectivity index (χ0) is 13.7. The smallest absolute Gasteiger partial charge is 0.0361 e. The highest BCUT2D eigenvalue weighted by atomic mass is 14.9. The van der Waals surface area contributed by atoms with Crippen molar-refractivity contribution in [2.75, 3.05) is 12.8 Å². The molecule has 3 N–H and O–H groups in total. The molecule has 2 rings (SSSR count). The number of rotatable bonds is 5. The fourth-order valence-electron chi connectivity index (χ4n) is 2.50. The van der Waals surface area contributed by atoms with Crippen molar-refractivity contribution in [3.8, 4) is 0 Å². The predicted octanol–water partition coefficient (Wildman–Crippen LogP) is 3.33. The number of nitrogens with two attached hydrogens (primary N) is 1. The third-order valence-electron chi connectivity index (χ3n) is 3.64. The predicted molar refractivity (Wildman–Crippen MR) is 82.2 cm³/mol. The number of hydrogen-bond donors (Lipinski definition) is 2. The van der Waals surface area contributed by atoms with Gasteiger partial charge >= 0.3 is 0 Å². The average Bonchev–Trinajstić information content (AvgIpc) is 2.46. The second kappa shape index (κ2) is 6.39. The number of anilines is 1. The number of nitrogens with one attached hydrogen (secondary N) is 1. The molecule has 0 spiro atoms. The first-order chi connectivity index (χ1) is 9.26. The van der Waals surface area contributed by atoms with Crippen molar-refractivity contribution in [1.82, 2.24) is 5.32 Å². The zero-order valence-corrected chi connectivity index (χ0v) is 11.7. The van der Waals surface area contributed by atoms with Gasteiger partial charge in [-0.3, -0.25) is 0 Å². The van der Waals surface area contributed by atoms with Gasteiger partial charge in [0.1, 0.15) is 0 Å². The Balaban J connectivity index is 2.28. The van der Waals surface area contributed by atoms with Crippen LogP contribution in [0, 0.1) is 0 Å². The van der Waals surface area contributed by atoms with Crippen LogP contribution in [0.4, 0.5) is 5.69 Å². The van der Waals surface area contributed by atoms with Gasteiger partial charge in [-0.15, -0.1) is 0 Å². The highest BCUT2D eigenvalue weighted by Gasteiger charge is 2.14. The molecule has 1 atom stereocenters. The maximum absolute atomic E-state index is 6.04. The molecule has 0 amide bonds. The van der Waals surface area contributed by atoms with Crippen molar-refractivity contribution in [1.29, 1.82) is 0 Å². The fraction of sp³-hybridized carbons (Fsp3) is 0.294. The second-order valence-corrected chi connectivity index (χ2v) is 4.80. The summed E-state index contributed by atoms with van der Waals surface area (Å²) in [6, 6.07) is 17.0. The Bertz CT molecular complexity index is 534. The van der Waals surface area contributed by atoms with E-state index < -0.39 is 0 Å². The van der Waals surface area contributed by atoms with Crippen LogP contribution in [0.5, 0.6) is 0 Å². The Kier molecular flexibility index (Phi) is 4.58. The van der Waals surface area contributed by atoms with E-state index in [0.29, 0.717) is 6.04 Å². The lowest BCUT2D eigenvalue weighted by Gasteiger charge is -2.20. The van der Waals surface area contributed by atoms with E-state index in [2.05, 4.69) is 42.6 Å². The molecular weight excluding hydrogens is 232 g/mol. The summed E-state index contributed by atoms with van der Waals surface area (Å²) in [5.41, 5.74) is 10.9. The van der Waals surface area contributed by atoms with Gasteiger partial charge in [0.2, 0.25) is 0 Å². The van der Waals surface area contributed by atoms with Crippen molar-refractivity contribution in [3.05, 3.63) is 65.2 Å². The monoisotopic (exact) mass is 254 g/mol. The molecule has 19 heavy (non-hydrogen) atoms. The number of benzene rings is 2. The van der Waals surface area contributed by atoms with E-state index in [0.717, 1.165) is 18.5 Å². The second-order valence-electron chi connectivity index (χ2n) is 4.80. The Labute approximate surface area is 115 Å². The maximum Gasteiger partial charge on any atom is 0.0361 e. The summed E-state index contributed by atoms with van der Waals surface area (Å²) < 4.78 is 0. The number of para-hydroxylation sites is 1. The minimum absolute atomic E-state index is 0.306. The van der Waals surface area contributed by atoms with Crippen LogP contribution >= 0.6 is 0 Å². The Morgan fingerprint density at radius 3 is 2.26 bits per heavy atom. The van der Waals surface area contributed by atoms with Crippen LogP contribution in [0.2, 0.25) is 0 Å². The molecular formula is C17H22N2. The minimum atomic E-state index is 0.306. The Hall–Kier alpha value is -1.80. The van der Waals surface area contributed by atoms with Crippen LogP contribution in [0.3, 0.4) is 0 Å². The van der Waals surface area contributed by atoms with E-state index in [9.17, 15) is 0 Å². The summed E-state index contributed by atoms with van der Waals surface area (Å²) in [5, 5.41) is 3.41. The normalized spacial score (nSPS) is 12.3. The molecule has 0 aromatic heterocycles. The fourth-order valence-corrected chi connectivity index (χ4v) is 2.50. The molecule has 1 unspecified atom stereocenters. The standard InChI is InChI=1S/C17H22N2/c1-3-13-8-4-6-10-15(13)17(19-2)12-14-9-5-7-11-16(14)18/h4-11,17,19H,3,12,18H2,1-2H3. The van der Waals surface area contributed by atoms with Gasteiger partial charge in [0.05, 0.1) is 0 Å². The number of likely N-dealkylation sites (N-methyl/N-ethyl adjacent to an activating group) is 1. The van der Waals surface area contributed by atoms with Gasteiger partial charge in [-0.25, -0.2) is 0 Å². The lowest BCUT2D eigenvalue weighted by Crippen LogP contribution is -2.20. The summed E-state index contributed by atoms with van der Waals surface area (Å²) >= 11 is 0. The lowest BCUT2D eigenvalue weighted by molar-refractivity contribution is 0.587. The molecule has 0 aliphatic rings. The van der Waals surface area contributed by atoms with E-state index in [1.807, 2.05) is 25.2 Å². The molecule has 2 aromatic carbocycles. The average molecular weight is 254 g/mol. The summed E-state index contributed by atoms with van der Waals surface area (Å²) in [6.45, 7) is 2.20. The summed E-state index contributed by atoms with van der Waals surface area (Å²) in [6.07, 6.45) is 1.97. The summed E-state index contributed by atoms with van der Waals surface area (Å²) in [4.78, 5) is 0. The number of aryl methyl sites for hydroxylation is 1. The Morgan fingerprint density at radius 2 is 1.63 bits per heavy atom. The molecule has 100 valence electrons. The van der Waals surface area contributed by atoms with Crippen molar-refractivity contribution in [2.45, 2.75) is 25.8 Å². The lowest BCUT2D eigenvalue weighted by atomic mass is 9.93. The van der Waals surface area contributed by atoms with Crippen molar-refractivity contribution in [2.24, 2.45) is 0 Å². The molecule has 0 bridgehead atoms. The quantitative estimate of drug-likeness (QED) is 0.803. The van der Waals surface area contributed by atoms with Crippen LogP contribution in [0.1, 0.15) is 29.7 Å². The molecule has 0 saturated heterocycles. The molecule has 0 fully saturated rings. The van der Waals surface area contributed by atoms with E-state index in [4.69, 9.17) is 5.73 Å². The summed E-state index contributed by atoms with van der Waals surface area (Å²) in [5.74, 6) is 0. The van der Waals surface area contributed by atoms with E-state index in [-0.39, 0.29) is 0 Å². The van der Waals surface area contributed by atoms with Crippen molar-refractivity contribution in [3.63, 3.8) is 0 Å². The van der Waals surface area contributed by atoms with Crippen molar-refractivity contribution < 1.29 is 0 Å². The first-order valence-electron chi connectivity index (χ1n) is 6.84. The largest absolute Gasteiger partial charge is 0.399 e. The first-order valence-corrected chi connectivity index (χ1v) is 6.84. The SMILES string of the molecule is CCc1ccccc1C(Cc1ccccc1N)NC. The van der Waals surface area contributed by atoms with Crippen LogP contribution in [0.15, 0.2) is 48.5 Å². The number of nitrogen functional groups attached to an aromatic ring is 1. The molecule has 0 saturated carbocycles. The third kappa shape index (κ3) is 3.15. The third-order valence-corrected chi connectivity index (χ3v) is 3.64.